The summed E-state index contributed by atoms with van der Waals surface area (Å²) in [5.74, 6) is 0.610. The number of unbranched alkanes of at least 4 members (excludes halogenated alkanes) is 1. The van der Waals surface area contributed by atoms with Gasteiger partial charge in [-0.15, -0.1) is 0 Å². The molecule has 1 amide bonds. The number of ether oxygens (including phenoxy) is 1. The predicted octanol–water partition coefficient (Wildman–Crippen LogP) is 4.11. The van der Waals surface area contributed by atoms with Crippen molar-refractivity contribution in [1.82, 2.24) is 14.7 Å². The molecule has 0 radical (unpaired) electrons. The van der Waals surface area contributed by atoms with Crippen LogP contribution in [-0.2, 0) is 24.2 Å². The molecule has 166 valence electrons. The smallest absolute Gasteiger partial charge is 0.224 e. The second-order valence-electron chi connectivity index (χ2n) is 8.45. The van der Waals surface area contributed by atoms with Crippen LogP contribution in [0.2, 0.25) is 0 Å². The molecule has 0 fully saturated rings. The Hall–Kier alpha value is -3.19. The quantitative estimate of drug-likeness (QED) is 0.569. The maximum absolute atomic E-state index is 14.1. The number of aryl methyl sites for hydroxylation is 1. The van der Waals surface area contributed by atoms with Crippen LogP contribution in [0, 0.1) is 5.82 Å². The average Bonchev–Trinajstić information content (AvgIpc) is 3.22. The normalized spacial score (nSPS) is 15.7. The van der Waals surface area contributed by atoms with Gasteiger partial charge in [0, 0.05) is 49.4 Å². The second-order valence-corrected chi connectivity index (χ2v) is 8.45. The first-order chi connectivity index (χ1) is 15.7. The number of halogens is 1. The number of nitrogens with zero attached hydrogens (tertiary/aromatic N) is 3. The highest BCUT2D eigenvalue weighted by Gasteiger charge is 2.20. The minimum absolute atomic E-state index is 0.0683. The fourth-order valence-corrected chi connectivity index (χ4v) is 4.39. The van der Waals surface area contributed by atoms with Gasteiger partial charge in [0.05, 0.1) is 12.3 Å². The van der Waals surface area contributed by atoms with Crippen molar-refractivity contribution in [3.05, 3.63) is 71.3 Å². The molecule has 3 heterocycles. The number of rotatable bonds is 7. The van der Waals surface area contributed by atoms with Crippen molar-refractivity contribution < 1.29 is 13.9 Å². The summed E-state index contributed by atoms with van der Waals surface area (Å²) < 4.78 is 21.6. The zero-order valence-electron chi connectivity index (χ0n) is 18.0. The van der Waals surface area contributed by atoms with E-state index in [2.05, 4.69) is 15.3 Å². The van der Waals surface area contributed by atoms with E-state index in [4.69, 9.17) is 4.74 Å². The summed E-state index contributed by atoms with van der Waals surface area (Å²) in [5.41, 5.74) is 4.77. The Morgan fingerprint density at radius 2 is 1.97 bits per heavy atom. The molecule has 1 aromatic heterocycles. The standard InChI is InChI=1S/C25H27FN4O2/c26-21-5-1-2-6-24(21)30-17-19-16-29(13-11-22(19)28-30)12-3-4-14-32-20-9-7-18-8-10-25(31)27-23(18)15-20/h1-2,5-7,9,15,17H,3-4,8,10-14,16H2,(H,27,31). The van der Waals surface area contributed by atoms with Crippen LogP contribution >= 0.6 is 0 Å². The summed E-state index contributed by atoms with van der Waals surface area (Å²) in [4.78, 5) is 14.0. The van der Waals surface area contributed by atoms with E-state index >= 15 is 0 Å². The van der Waals surface area contributed by atoms with E-state index in [9.17, 15) is 9.18 Å². The van der Waals surface area contributed by atoms with E-state index in [-0.39, 0.29) is 11.7 Å². The number of aromatic nitrogens is 2. The number of hydrogen-bond acceptors (Lipinski definition) is 4. The lowest BCUT2D eigenvalue weighted by Gasteiger charge is -2.25. The number of anilines is 1. The molecule has 0 atom stereocenters. The van der Waals surface area contributed by atoms with Crippen molar-refractivity contribution in [2.45, 2.75) is 38.6 Å². The second kappa shape index (κ2) is 9.12. The Kier molecular flexibility index (Phi) is 5.90. The van der Waals surface area contributed by atoms with Crippen molar-refractivity contribution >= 4 is 11.6 Å². The summed E-state index contributed by atoms with van der Waals surface area (Å²) in [7, 11) is 0. The average molecular weight is 435 g/mol. The lowest BCUT2D eigenvalue weighted by atomic mass is 10.0. The van der Waals surface area contributed by atoms with Crippen molar-refractivity contribution in [3.63, 3.8) is 0 Å². The van der Waals surface area contributed by atoms with Gasteiger partial charge < -0.3 is 10.1 Å². The highest BCUT2D eigenvalue weighted by molar-refractivity contribution is 5.94. The fourth-order valence-electron chi connectivity index (χ4n) is 4.39. The molecule has 0 spiro atoms. The molecule has 0 saturated heterocycles. The number of para-hydroxylation sites is 1. The van der Waals surface area contributed by atoms with E-state index in [0.29, 0.717) is 18.7 Å². The van der Waals surface area contributed by atoms with Gasteiger partial charge in [-0.3, -0.25) is 9.69 Å². The van der Waals surface area contributed by atoms with E-state index in [1.165, 1.54) is 17.2 Å². The van der Waals surface area contributed by atoms with Crippen LogP contribution in [0.25, 0.3) is 5.69 Å². The van der Waals surface area contributed by atoms with Gasteiger partial charge >= 0.3 is 0 Å². The largest absolute Gasteiger partial charge is 0.494 e. The molecule has 5 rings (SSSR count). The monoisotopic (exact) mass is 434 g/mol. The number of carbonyl (C=O) groups excluding carboxylic acids is 1. The van der Waals surface area contributed by atoms with Crippen LogP contribution in [0.5, 0.6) is 5.75 Å². The molecule has 2 aliphatic heterocycles. The number of hydrogen-bond donors (Lipinski definition) is 1. The third-order valence-electron chi connectivity index (χ3n) is 6.15. The Balaban J connectivity index is 1.09. The molecular formula is C25H27FN4O2. The Labute approximate surface area is 187 Å². The SMILES string of the molecule is O=C1CCc2ccc(OCCCCN3CCc4nn(-c5ccccc5F)cc4C3)cc2N1. The van der Waals surface area contributed by atoms with Gasteiger partial charge in [0.15, 0.2) is 0 Å². The third kappa shape index (κ3) is 4.53. The van der Waals surface area contributed by atoms with Crippen molar-refractivity contribution in [3.8, 4) is 11.4 Å². The summed E-state index contributed by atoms with van der Waals surface area (Å²) in [6, 6.07) is 12.7. The fraction of sp³-hybridized carbons (Fsp3) is 0.360. The summed E-state index contributed by atoms with van der Waals surface area (Å²) in [5, 5.41) is 7.51. The molecular weight excluding hydrogens is 407 g/mol. The predicted molar refractivity (Wildman–Crippen MR) is 121 cm³/mol. The van der Waals surface area contributed by atoms with E-state index in [1.807, 2.05) is 30.5 Å². The van der Waals surface area contributed by atoms with Crippen LogP contribution in [0.15, 0.2) is 48.7 Å². The maximum atomic E-state index is 14.1. The Bertz CT molecular complexity index is 1130. The van der Waals surface area contributed by atoms with Crippen LogP contribution in [0.1, 0.15) is 36.1 Å². The molecule has 0 bridgehead atoms. The van der Waals surface area contributed by atoms with Gasteiger partial charge in [-0.05, 0) is 49.6 Å². The molecule has 2 aromatic carbocycles. The van der Waals surface area contributed by atoms with Crippen LogP contribution < -0.4 is 10.1 Å². The van der Waals surface area contributed by atoms with Gasteiger partial charge in [0.2, 0.25) is 5.91 Å². The molecule has 3 aromatic rings. The highest BCUT2D eigenvalue weighted by atomic mass is 19.1. The molecule has 2 aliphatic rings. The van der Waals surface area contributed by atoms with Crippen LogP contribution in [0.3, 0.4) is 0 Å². The molecule has 1 N–H and O–H groups in total. The van der Waals surface area contributed by atoms with Gasteiger partial charge in [-0.1, -0.05) is 18.2 Å². The minimum atomic E-state index is -0.259. The summed E-state index contributed by atoms with van der Waals surface area (Å²) in [6.07, 6.45) is 6.18. The van der Waals surface area contributed by atoms with Gasteiger partial charge in [-0.2, -0.15) is 5.10 Å². The molecule has 0 aliphatic carbocycles. The minimum Gasteiger partial charge on any atom is -0.494 e. The highest BCUT2D eigenvalue weighted by Crippen LogP contribution is 2.27. The number of carbonyl (C=O) groups is 1. The number of fused-ring (bicyclic) bond motifs is 2. The van der Waals surface area contributed by atoms with Crippen molar-refractivity contribution in [2.75, 3.05) is 25.0 Å². The zero-order chi connectivity index (χ0) is 21.9. The molecule has 0 saturated carbocycles. The molecule has 0 unspecified atom stereocenters. The first-order valence-corrected chi connectivity index (χ1v) is 11.3. The summed E-state index contributed by atoms with van der Waals surface area (Å²) >= 11 is 0. The van der Waals surface area contributed by atoms with Crippen LogP contribution in [0.4, 0.5) is 10.1 Å². The zero-order valence-corrected chi connectivity index (χ0v) is 18.0. The Morgan fingerprint density at radius 1 is 1.06 bits per heavy atom. The maximum Gasteiger partial charge on any atom is 0.224 e. The van der Waals surface area contributed by atoms with E-state index in [0.717, 1.165) is 62.4 Å². The first-order valence-electron chi connectivity index (χ1n) is 11.3. The summed E-state index contributed by atoms with van der Waals surface area (Å²) in [6.45, 7) is 3.45. The first kappa shape index (κ1) is 20.7. The van der Waals surface area contributed by atoms with Gasteiger partial charge in [-0.25, -0.2) is 9.07 Å². The Morgan fingerprint density at radius 3 is 2.88 bits per heavy atom. The molecule has 6 nitrogen and oxygen atoms in total. The lowest BCUT2D eigenvalue weighted by molar-refractivity contribution is -0.116. The van der Waals surface area contributed by atoms with Gasteiger partial charge in [0.25, 0.3) is 0 Å². The van der Waals surface area contributed by atoms with Crippen LogP contribution in [-0.4, -0.2) is 40.3 Å². The van der Waals surface area contributed by atoms with E-state index in [1.54, 1.807) is 16.8 Å². The lowest BCUT2D eigenvalue weighted by Crippen LogP contribution is -2.31. The number of benzene rings is 2. The number of nitrogens with one attached hydrogen (secondary N) is 1. The molecule has 32 heavy (non-hydrogen) atoms. The topological polar surface area (TPSA) is 59.4 Å². The van der Waals surface area contributed by atoms with Gasteiger partial charge in [0.1, 0.15) is 17.3 Å². The van der Waals surface area contributed by atoms with Crippen molar-refractivity contribution in [2.24, 2.45) is 0 Å². The third-order valence-corrected chi connectivity index (χ3v) is 6.15. The van der Waals surface area contributed by atoms with Crippen molar-refractivity contribution in [1.29, 1.82) is 0 Å². The van der Waals surface area contributed by atoms with E-state index < -0.39 is 0 Å². The molecule has 7 heteroatoms. The number of amides is 1.